The van der Waals surface area contributed by atoms with Gasteiger partial charge in [0.25, 0.3) is 5.91 Å². The molecule has 102 valence electrons. The van der Waals surface area contributed by atoms with Crippen molar-refractivity contribution in [1.29, 1.82) is 0 Å². The van der Waals surface area contributed by atoms with Gasteiger partial charge in [0.15, 0.2) is 0 Å². The van der Waals surface area contributed by atoms with Gasteiger partial charge in [-0.25, -0.2) is 0 Å². The molecule has 0 saturated heterocycles. The summed E-state index contributed by atoms with van der Waals surface area (Å²) >= 11 is 0. The van der Waals surface area contributed by atoms with Crippen molar-refractivity contribution in [3.05, 3.63) is 34.4 Å². The van der Waals surface area contributed by atoms with E-state index in [4.69, 9.17) is 9.47 Å². The Morgan fingerprint density at radius 1 is 1.47 bits per heavy atom. The van der Waals surface area contributed by atoms with E-state index < -0.39 is 0 Å². The monoisotopic (exact) mass is 261 g/mol. The average molecular weight is 261 g/mol. The topological polar surface area (TPSA) is 47.6 Å². The van der Waals surface area contributed by atoms with Crippen molar-refractivity contribution in [2.45, 2.75) is 27.3 Å². The fourth-order valence-corrected chi connectivity index (χ4v) is 2.15. The number of hydrogen-bond acceptors (Lipinski definition) is 3. The zero-order valence-corrected chi connectivity index (χ0v) is 11.8. The third-order valence-electron chi connectivity index (χ3n) is 3.19. The molecule has 4 nitrogen and oxygen atoms in total. The highest BCUT2D eigenvalue weighted by molar-refractivity contribution is 5.99. The summed E-state index contributed by atoms with van der Waals surface area (Å²) in [5.41, 5.74) is 3.69. The van der Waals surface area contributed by atoms with E-state index in [2.05, 4.69) is 5.32 Å². The number of nitrogens with one attached hydrogen (secondary N) is 1. The van der Waals surface area contributed by atoms with Crippen LogP contribution in [0, 0.1) is 6.92 Å². The molecule has 1 aromatic rings. The maximum Gasteiger partial charge on any atom is 0.252 e. The second-order valence-electron chi connectivity index (χ2n) is 4.83. The second-order valence-corrected chi connectivity index (χ2v) is 4.83. The number of benzene rings is 1. The van der Waals surface area contributed by atoms with E-state index in [1.807, 2.05) is 26.8 Å². The van der Waals surface area contributed by atoms with Gasteiger partial charge in [0, 0.05) is 17.7 Å². The fourth-order valence-electron chi connectivity index (χ4n) is 2.15. The molecule has 0 bridgehead atoms. The zero-order valence-electron chi connectivity index (χ0n) is 11.8. The van der Waals surface area contributed by atoms with Crippen LogP contribution in [0.25, 0.3) is 0 Å². The number of rotatable bonds is 4. The van der Waals surface area contributed by atoms with Gasteiger partial charge < -0.3 is 14.8 Å². The molecule has 0 saturated carbocycles. The molecule has 4 heteroatoms. The molecule has 2 rings (SSSR count). The molecule has 1 aliphatic heterocycles. The molecular formula is C15H19NO3. The van der Waals surface area contributed by atoms with Crippen molar-refractivity contribution in [2.24, 2.45) is 0 Å². The molecule has 0 atom stereocenters. The molecule has 0 aliphatic carbocycles. The van der Waals surface area contributed by atoms with Gasteiger partial charge in [-0.1, -0.05) is 5.57 Å². The highest BCUT2D eigenvalue weighted by atomic mass is 16.5. The molecule has 0 unspecified atom stereocenters. The van der Waals surface area contributed by atoms with E-state index >= 15 is 0 Å². The Labute approximate surface area is 113 Å². The number of carbonyl (C=O) groups excluding carboxylic acids is 1. The second kappa shape index (κ2) is 5.34. The summed E-state index contributed by atoms with van der Waals surface area (Å²) in [6.45, 7) is 7.00. The van der Waals surface area contributed by atoms with E-state index in [0.29, 0.717) is 24.5 Å². The van der Waals surface area contributed by atoms with Crippen LogP contribution in [-0.2, 0) is 6.54 Å². The van der Waals surface area contributed by atoms with E-state index in [0.717, 1.165) is 16.9 Å². The molecule has 0 radical (unpaired) electrons. The fraction of sp³-hybridized carbons (Fsp3) is 0.400. The van der Waals surface area contributed by atoms with Crippen LogP contribution in [0.1, 0.15) is 35.3 Å². The molecule has 1 N–H and O–H groups in total. The lowest BCUT2D eigenvalue weighted by atomic mass is 10.0. The van der Waals surface area contributed by atoms with Crippen LogP contribution in [0.4, 0.5) is 0 Å². The highest BCUT2D eigenvalue weighted by Gasteiger charge is 2.26. The molecular weight excluding hydrogens is 242 g/mol. The van der Waals surface area contributed by atoms with Gasteiger partial charge in [-0.2, -0.15) is 0 Å². The minimum atomic E-state index is -0.0691. The smallest absolute Gasteiger partial charge is 0.252 e. The lowest BCUT2D eigenvalue weighted by Gasteiger charge is -2.14. The van der Waals surface area contributed by atoms with Gasteiger partial charge in [-0.3, -0.25) is 4.79 Å². The molecule has 0 spiro atoms. The third-order valence-corrected chi connectivity index (χ3v) is 3.19. The van der Waals surface area contributed by atoms with Crippen LogP contribution in [0.5, 0.6) is 11.5 Å². The van der Waals surface area contributed by atoms with Crippen molar-refractivity contribution < 1.29 is 14.3 Å². The summed E-state index contributed by atoms with van der Waals surface area (Å²) in [6, 6.07) is 1.80. The van der Waals surface area contributed by atoms with Gasteiger partial charge in [-0.15, -0.1) is 0 Å². The van der Waals surface area contributed by atoms with Gasteiger partial charge in [0.05, 0.1) is 12.7 Å². The van der Waals surface area contributed by atoms with Gasteiger partial charge in [0.1, 0.15) is 18.1 Å². The maximum atomic E-state index is 11.7. The van der Waals surface area contributed by atoms with Gasteiger partial charge in [-0.05, 0) is 32.9 Å². The predicted octanol–water partition coefficient (Wildman–Crippen LogP) is 2.59. The normalized spacial score (nSPS) is 12.7. The summed E-state index contributed by atoms with van der Waals surface area (Å²) < 4.78 is 11.1. The van der Waals surface area contributed by atoms with Gasteiger partial charge in [0.2, 0.25) is 0 Å². The first-order valence-corrected chi connectivity index (χ1v) is 6.29. The molecule has 1 aromatic carbocycles. The molecule has 1 heterocycles. The predicted molar refractivity (Wildman–Crippen MR) is 73.8 cm³/mol. The SMILES string of the molecule is COc1c(C)c(OCC=C(C)C)cc2c1CNC2=O. The number of ether oxygens (including phenoxy) is 2. The Kier molecular flexibility index (Phi) is 3.79. The molecule has 1 amide bonds. The molecule has 1 aliphatic rings. The Hall–Kier alpha value is -1.97. The first-order chi connectivity index (χ1) is 9.04. The van der Waals surface area contributed by atoms with E-state index in [1.165, 1.54) is 5.57 Å². The summed E-state index contributed by atoms with van der Waals surface area (Å²) in [5.74, 6) is 1.37. The zero-order chi connectivity index (χ0) is 14.0. The minimum Gasteiger partial charge on any atom is -0.496 e. The van der Waals surface area contributed by atoms with Crippen LogP contribution in [0.2, 0.25) is 0 Å². The maximum absolute atomic E-state index is 11.7. The number of allylic oxidation sites excluding steroid dienone is 1. The highest BCUT2D eigenvalue weighted by Crippen LogP contribution is 2.36. The van der Waals surface area contributed by atoms with Gasteiger partial charge >= 0.3 is 0 Å². The molecule has 19 heavy (non-hydrogen) atoms. The summed E-state index contributed by atoms with van der Waals surface area (Å²) in [6.07, 6.45) is 2.00. The number of methoxy groups -OCH3 is 1. The summed E-state index contributed by atoms with van der Waals surface area (Å²) in [5, 5.41) is 2.80. The Morgan fingerprint density at radius 3 is 2.84 bits per heavy atom. The minimum absolute atomic E-state index is 0.0691. The quantitative estimate of drug-likeness (QED) is 0.847. The van der Waals surface area contributed by atoms with Crippen molar-refractivity contribution in [3.63, 3.8) is 0 Å². The Bertz CT molecular complexity index is 543. The van der Waals surface area contributed by atoms with Crippen LogP contribution >= 0.6 is 0 Å². The van der Waals surface area contributed by atoms with Crippen LogP contribution in [-0.4, -0.2) is 19.6 Å². The molecule has 0 aromatic heterocycles. The molecule has 0 fully saturated rings. The largest absolute Gasteiger partial charge is 0.496 e. The lowest BCUT2D eigenvalue weighted by molar-refractivity contribution is 0.0965. The van der Waals surface area contributed by atoms with Crippen LogP contribution < -0.4 is 14.8 Å². The van der Waals surface area contributed by atoms with Crippen LogP contribution in [0.15, 0.2) is 17.7 Å². The average Bonchev–Trinajstić information content (AvgIpc) is 2.71. The first-order valence-electron chi connectivity index (χ1n) is 6.29. The number of amides is 1. The standard InChI is InChI=1S/C15H19NO3/c1-9(2)5-6-19-13-7-11-12(8-16-15(11)17)14(18-4)10(13)3/h5,7H,6,8H2,1-4H3,(H,16,17). The lowest BCUT2D eigenvalue weighted by Crippen LogP contribution is -2.12. The third kappa shape index (κ3) is 2.57. The van der Waals surface area contributed by atoms with Crippen molar-refractivity contribution in [1.82, 2.24) is 5.32 Å². The Morgan fingerprint density at radius 2 is 2.21 bits per heavy atom. The van der Waals surface area contributed by atoms with E-state index in [1.54, 1.807) is 13.2 Å². The Balaban J connectivity index is 2.37. The number of carbonyl (C=O) groups is 1. The number of fused-ring (bicyclic) bond motifs is 1. The van der Waals surface area contributed by atoms with E-state index in [-0.39, 0.29) is 5.91 Å². The van der Waals surface area contributed by atoms with Crippen molar-refractivity contribution in [2.75, 3.05) is 13.7 Å². The van der Waals surface area contributed by atoms with E-state index in [9.17, 15) is 4.79 Å². The first kappa shape index (κ1) is 13.5. The van der Waals surface area contributed by atoms with Crippen molar-refractivity contribution in [3.8, 4) is 11.5 Å². The number of hydrogen-bond donors (Lipinski definition) is 1. The van der Waals surface area contributed by atoms with Crippen LogP contribution in [0.3, 0.4) is 0 Å². The summed E-state index contributed by atoms with van der Waals surface area (Å²) in [4.78, 5) is 11.7. The van der Waals surface area contributed by atoms with Crippen molar-refractivity contribution >= 4 is 5.91 Å². The summed E-state index contributed by atoms with van der Waals surface area (Å²) in [7, 11) is 1.62.